The van der Waals surface area contributed by atoms with Gasteiger partial charge in [-0.3, -0.25) is 4.68 Å². The Balaban J connectivity index is 2.27. The van der Waals surface area contributed by atoms with E-state index >= 15 is 0 Å². The fourth-order valence-corrected chi connectivity index (χ4v) is 2.22. The fraction of sp³-hybridized carbons (Fsp3) is 0.438. The molecule has 114 valence electrons. The van der Waals surface area contributed by atoms with Crippen molar-refractivity contribution in [3.63, 3.8) is 0 Å². The van der Waals surface area contributed by atoms with Crippen LogP contribution in [0.5, 0.6) is 11.5 Å². The van der Waals surface area contributed by atoms with Crippen molar-refractivity contribution < 1.29 is 14.6 Å². The summed E-state index contributed by atoms with van der Waals surface area (Å²) in [5.41, 5.74) is 1.44. The average molecular weight is 290 g/mol. The molecule has 1 aromatic heterocycles. The van der Waals surface area contributed by atoms with E-state index in [4.69, 9.17) is 9.47 Å². The highest BCUT2D eigenvalue weighted by Gasteiger charge is 2.21. The van der Waals surface area contributed by atoms with Crippen LogP contribution in [0.15, 0.2) is 30.5 Å². The number of benzene rings is 1. The lowest BCUT2D eigenvalue weighted by molar-refractivity contribution is 0.202. The van der Waals surface area contributed by atoms with Crippen LogP contribution in [-0.4, -0.2) is 28.1 Å². The van der Waals surface area contributed by atoms with Crippen molar-refractivity contribution in [3.8, 4) is 11.5 Å². The van der Waals surface area contributed by atoms with Gasteiger partial charge in [-0.25, -0.2) is 0 Å². The largest absolute Gasteiger partial charge is 0.493 e. The van der Waals surface area contributed by atoms with Gasteiger partial charge in [-0.1, -0.05) is 12.1 Å². The molecule has 0 spiro atoms. The number of aliphatic hydroxyl groups excluding tert-OH is 1. The summed E-state index contributed by atoms with van der Waals surface area (Å²) in [6.07, 6.45) is 0.969. The maximum atomic E-state index is 10.6. The van der Waals surface area contributed by atoms with Gasteiger partial charge in [0.2, 0.25) is 0 Å². The van der Waals surface area contributed by atoms with Crippen LogP contribution >= 0.6 is 0 Å². The summed E-state index contributed by atoms with van der Waals surface area (Å²) in [7, 11) is 1.58. The minimum absolute atomic E-state index is 0.127. The third-order valence-corrected chi connectivity index (χ3v) is 3.19. The molecule has 1 unspecified atom stereocenters. The van der Waals surface area contributed by atoms with E-state index < -0.39 is 6.10 Å². The molecule has 0 saturated heterocycles. The zero-order valence-electron chi connectivity index (χ0n) is 12.9. The van der Waals surface area contributed by atoms with Crippen LogP contribution in [-0.2, 0) is 6.54 Å². The molecule has 0 aliphatic carbocycles. The minimum atomic E-state index is -0.782. The van der Waals surface area contributed by atoms with Crippen molar-refractivity contribution in [3.05, 3.63) is 41.7 Å². The Morgan fingerprint density at radius 3 is 2.43 bits per heavy atom. The highest BCUT2D eigenvalue weighted by Crippen LogP contribution is 2.30. The first-order valence-electron chi connectivity index (χ1n) is 7.11. The van der Waals surface area contributed by atoms with E-state index in [1.54, 1.807) is 18.0 Å². The number of methoxy groups -OCH3 is 1. The van der Waals surface area contributed by atoms with Gasteiger partial charge < -0.3 is 14.6 Å². The van der Waals surface area contributed by atoms with Gasteiger partial charge in [0.1, 0.15) is 17.5 Å². The molecule has 0 fully saturated rings. The number of ether oxygens (including phenoxy) is 2. The second kappa shape index (κ2) is 6.63. The van der Waals surface area contributed by atoms with Crippen LogP contribution in [0, 0.1) is 0 Å². The Morgan fingerprint density at radius 1 is 1.24 bits per heavy atom. The molecule has 0 bridgehead atoms. The zero-order valence-corrected chi connectivity index (χ0v) is 12.9. The lowest BCUT2D eigenvalue weighted by atomic mass is 10.1. The molecule has 21 heavy (non-hydrogen) atoms. The maximum absolute atomic E-state index is 10.6. The summed E-state index contributed by atoms with van der Waals surface area (Å²) in [5.74, 6) is 1.38. The van der Waals surface area contributed by atoms with Gasteiger partial charge in [0, 0.05) is 6.54 Å². The first-order valence-corrected chi connectivity index (χ1v) is 7.11. The predicted molar refractivity (Wildman–Crippen MR) is 80.7 cm³/mol. The van der Waals surface area contributed by atoms with Crippen LogP contribution in [0.2, 0.25) is 0 Å². The van der Waals surface area contributed by atoms with E-state index in [-0.39, 0.29) is 6.10 Å². The van der Waals surface area contributed by atoms with E-state index in [9.17, 15) is 5.11 Å². The normalized spacial score (nSPS) is 12.5. The molecule has 0 saturated carbocycles. The van der Waals surface area contributed by atoms with Crippen LogP contribution in [0.25, 0.3) is 0 Å². The van der Waals surface area contributed by atoms with E-state index in [1.165, 1.54) is 0 Å². The number of aliphatic hydroxyl groups is 1. The van der Waals surface area contributed by atoms with Crippen molar-refractivity contribution in [2.24, 2.45) is 0 Å². The minimum Gasteiger partial charge on any atom is -0.493 e. The van der Waals surface area contributed by atoms with Crippen LogP contribution in [0.4, 0.5) is 0 Å². The summed E-state index contributed by atoms with van der Waals surface area (Å²) < 4.78 is 12.6. The van der Waals surface area contributed by atoms with E-state index in [0.29, 0.717) is 18.0 Å². The quantitative estimate of drug-likeness (QED) is 0.889. The number of nitrogens with zero attached hydrogens (tertiary/aromatic N) is 2. The molecule has 0 radical (unpaired) electrons. The number of rotatable bonds is 6. The molecule has 1 atom stereocenters. The summed E-state index contributed by atoms with van der Waals surface area (Å²) in [4.78, 5) is 0. The molecule has 5 nitrogen and oxygen atoms in total. The predicted octanol–water partition coefficient (Wildman–Crippen LogP) is 2.78. The Labute approximate surface area is 125 Å². The van der Waals surface area contributed by atoms with E-state index in [1.807, 2.05) is 45.0 Å². The summed E-state index contributed by atoms with van der Waals surface area (Å²) in [6, 6.07) is 7.43. The van der Waals surface area contributed by atoms with Gasteiger partial charge in [-0.15, -0.1) is 0 Å². The first-order chi connectivity index (χ1) is 10.1. The lowest BCUT2D eigenvalue weighted by Gasteiger charge is -2.15. The van der Waals surface area contributed by atoms with Crippen LogP contribution in [0.1, 0.15) is 38.1 Å². The van der Waals surface area contributed by atoms with E-state index in [0.717, 1.165) is 11.3 Å². The average Bonchev–Trinajstić information content (AvgIpc) is 2.89. The van der Waals surface area contributed by atoms with Gasteiger partial charge >= 0.3 is 0 Å². The van der Waals surface area contributed by atoms with Gasteiger partial charge in [-0.05, 0) is 38.5 Å². The van der Waals surface area contributed by atoms with Gasteiger partial charge in [-0.2, -0.15) is 5.10 Å². The number of hydrogen-bond donors (Lipinski definition) is 1. The van der Waals surface area contributed by atoms with Gasteiger partial charge in [0.25, 0.3) is 0 Å². The van der Waals surface area contributed by atoms with E-state index in [2.05, 4.69) is 5.10 Å². The fourth-order valence-electron chi connectivity index (χ4n) is 2.22. The maximum Gasteiger partial charge on any atom is 0.163 e. The van der Waals surface area contributed by atoms with Gasteiger partial charge in [0.15, 0.2) is 5.75 Å². The second-order valence-electron chi connectivity index (χ2n) is 5.05. The van der Waals surface area contributed by atoms with Crippen LogP contribution in [0.3, 0.4) is 0 Å². The number of hydrogen-bond acceptors (Lipinski definition) is 4. The summed E-state index contributed by atoms with van der Waals surface area (Å²) >= 11 is 0. The molecule has 1 N–H and O–H groups in total. The Bertz CT molecular complexity index is 554. The first kappa shape index (κ1) is 15.4. The molecule has 0 aliphatic rings. The molecule has 1 heterocycles. The molecule has 5 heteroatoms. The Hall–Kier alpha value is -2.01. The Morgan fingerprint density at radius 2 is 1.90 bits per heavy atom. The zero-order chi connectivity index (χ0) is 15.4. The van der Waals surface area contributed by atoms with Gasteiger partial charge in [0.05, 0.1) is 19.4 Å². The standard InChI is InChI=1S/C16H22N2O3/c1-5-18-15(14(20-4)10-17-18)16(19)12-6-8-13(9-7-12)21-11(2)3/h6-11,16,19H,5H2,1-4H3. The molecule has 2 aromatic rings. The second-order valence-corrected chi connectivity index (χ2v) is 5.05. The topological polar surface area (TPSA) is 56.5 Å². The van der Waals surface area contributed by atoms with Crippen molar-refractivity contribution in [2.75, 3.05) is 7.11 Å². The highest BCUT2D eigenvalue weighted by atomic mass is 16.5. The van der Waals surface area contributed by atoms with Crippen molar-refractivity contribution >= 4 is 0 Å². The smallest absolute Gasteiger partial charge is 0.163 e. The van der Waals surface area contributed by atoms with Crippen molar-refractivity contribution in [1.29, 1.82) is 0 Å². The molecular formula is C16H22N2O3. The SMILES string of the molecule is CCn1ncc(OC)c1C(O)c1ccc(OC(C)C)cc1. The molecule has 0 aliphatic heterocycles. The number of aryl methyl sites for hydroxylation is 1. The summed E-state index contributed by atoms with van der Waals surface area (Å²) in [6.45, 7) is 6.60. The molecule has 2 rings (SSSR count). The molecule has 0 amide bonds. The molecular weight excluding hydrogens is 268 g/mol. The monoisotopic (exact) mass is 290 g/mol. The van der Waals surface area contributed by atoms with Crippen molar-refractivity contribution in [2.45, 2.75) is 39.5 Å². The van der Waals surface area contributed by atoms with Crippen molar-refractivity contribution in [1.82, 2.24) is 9.78 Å². The lowest BCUT2D eigenvalue weighted by Crippen LogP contribution is -2.10. The Kier molecular flexibility index (Phi) is 4.85. The summed E-state index contributed by atoms with van der Waals surface area (Å²) in [5, 5.41) is 14.8. The highest BCUT2D eigenvalue weighted by molar-refractivity contribution is 5.37. The third kappa shape index (κ3) is 3.36. The molecule has 1 aromatic carbocycles. The van der Waals surface area contributed by atoms with Crippen LogP contribution < -0.4 is 9.47 Å². The number of aromatic nitrogens is 2. The third-order valence-electron chi connectivity index (χ3n) is 3.19.